The Balaban J connectivity index is 3.25. The third-order valence-electron chi connectivity index (χ3n) is 2.13. The molecule has 0 spiro atoms. The van der Waals surface area contributed by atoms with Crippen LogP contribution in [0.1, 0.15) is 12.5 Å². The van der Waals surface area contributed by atoms with E-state index in [0.717, 1.165) is 0 Å². The molecule has 0 aliphatic heterocycles. The third-order valence-corrected chi connectivity index (χ3v) is 2.45. The molecule has 5 nitrogen and oxygen atoms in total. The van der Waals surface area contributed by atoms with Crippen molar-refractivity contribution >= 4 is 17.3 Å². The zero-order valence-electron chi connectivity index (χ0n) is 8.11. The number of aliphatic hydroxyl groups is 1. The molecule has 0 saturated carbocycles. The van der Waals surface area contributed by atoms with Crippen LogP contribution in [0, 0.1) is 10.1 Å². The molecular weight excluding hydrogens is 220 g/mol. The summed E-state index contributed by atoms with van der Waals surface area (Å²) >= 11 is 5.64. The molecule has 0 amide bonds. The summed E-state index contributed by atoms with van der Waals surface area (Å²) in [5.41, 5.74) is 5.00. The topological polar surface area (TPSA) is 89.4 Å². The molecule has 0 aliphatic rings. The Labute approximate surface area is 91.6 Å². The molecular formula is C9H11ClN2O3. The number of nitro benzene ring substituents is 1. The van der Waals surface area contributed by atoms with Gasteiger partial charge in [0.1, 0.15) is 5.02 Å². The summed E-state index contributed by atoms with van der Waals surface area (Å²) in [5.74, 6) is 0. The van der Waals surface area contributed by atoms with Crippen molar-refractivity contribution in [2.75, 3.05) is 6.61 Å². The predicted octanol–water partition coefficient (Wildman–Crippen LogP) is 1.41. The average Bonchev–Trinajstić information content (AvgIpc) is 2.17. The summed E-state index contributed by atoms with van der Waals surface area (Å²) in [5, 5.41) is 19.7. The van der Waals surface area contributed by atoms with Gasteiger partial charge in [-0.15, -0.1) is 0 Å². The van der Waals surface area contributed by atoms with Crippen molar-refractivity contribution in [2.45, 2.75) is 12.5 Å². The Kier molecular flexibility index (Phi) is 3.28. The highest BCUT2D eigenvalue weighted by Gasteiger charge is 2.23. The van der Waals surface area contributed by atoms with Gasteiger partial charge >= 0.3 is 0 Å². The number of halogens is 1. The molecule has 1 aromatic carbocycles. The number of aliphatic hydroxyl groups excluding tert-OH is 1. The highest BCUT2D eigenvalue weighted by atomic mass is 35.5. The Hall–Kier alpha value is -1.17. The molecule has 1 rings (SSSR count). The molecule has 0 bridgehead atoms. The van der Waals surface area contributed by atoms with Crippen molar-refractivity contribution < 1.29 is 10.0 Å². The Morgan fingerprint density at radius 3 is 2.73 bits per heavy atom. The first-order valence-corrected chi connectivity index (χ1v) is 4.60. The van der Waals surface area contributed by atoms with Crippen molar-refractivity contribution in [3.8, 4) is 0 Å². The van der Waals surface area contributed by atoms with Crippen LogP contribution in [0.3, 0.4) is 0 Å². The monoisotopic (exact) mass is 230 g/mol. The van der Waals surface area contributed by atoms with Crippen molar-refractivity contribution in [3.63, 3.8) is 0 Å². The summed E-state index contributed by atoms with van der Waals surface area (Å²) in [6.45, 7) is 1.28. The number of benzene rings is 1. The van der Waals surface area contributed by atoms with E-state index in [9.17, 15) is 10.1 Å². The lowest BCUT2D eigenvalue weighted by atomic mass is 9.94. The van der Waals surface area contributed by atoms with E-state index in [-0.39, 0.29) is 17.3 Å². The maximum atomic E-state index is 10.6. The Bertz CT molecular complexity index is 393. The molecule has 1 aromatic rings. The molecule has 0 heterocycles. The second-order valence-electron chi connectivity index (χ2n) is 3.50. The number of nitro groups is 1. The van der Waals surface area contributed by atoms with E-state index in [1.807, 2.05) is 0 Å². The lowest BCUT2D eigenvalue weighted by Gasteiger charge is -2.21. The first kappa shape index (κ1) is 11.9. The SMILES string of the molecule is CC(N)(CO)c1ccc(Cl)c([N+](=O)[O-])c1. The first-order valence-electron chi connectivity index (χ1n) is 4.22. The van der Waals surface area contributed by atoms with E-state index >= 15 is 0 Å². The fraction of sp³-hybridized carbons (Fsp3) is 0.333. The summed E-state index contributed by atoms with van der Waals surface area (Å²) < 4.78 is 0. The van der Waals surface area contributed by atoms with E-state index in [0.29, 0.717) is 5.56 Å². The normalized spacial score (nSPS) is 14.7. The van der Waals surface area contributed by atoms with Crippen LogP contribution in [0.4, 0.5) is 5.69 Å². The number of hydrogen-bond donors (Lipinski definition) is 2. The van der Waals surface area contributed by atoms with Crippen molar-refractivity contribution in [1.82, 2.24) is 0 Å². The van der Waals surface area contributed by atoms with Crippen LogP contribution in [-0.4, -0.2) is 16.6 Å². The molecule has 0 aromatic heterocycles. The summed E-state index contributed by atoms with van der Waals surface area (Å²) in [4.78, 5) is 10.0. The Morgan fingerprint density at radius 2 is 2.27 bits per heavy atom. The van der Waals surface area contributed by atoms with Crippen LogP contribution in [0.15, 0.2) is 18.2 Å². The quantitative estimate of drug-likeness (QED) is 0.607. The zero-order chi connectivity index (χ0) is 11.6. The van der Waals surface area contributed by atoms with E-state index in [2.05, 4.69) is 0 Å². The van der Waals surface area contributed by atoms with E-state index in [1.165, 1.54) is 12.1 Å². The van der Waals surface area contributed by atoms with Crippen molar-refractivity contribution in [2.24, 2.45) is 5.73 Å². The first-order chi connectivity index (χ1) is 6.88. The van der Waals surface area contributed by atoms with Gasteiger partial charge in [0.15, 0.2) is 0 Å². The standard InChI is InChI=1S/C9H11ClN2O3/c1-9(11,5-13)6-2-3-7(10)8(4-6)12(14)15/h2-4,13H,5,11H2,1H3. The van der Waals surface area contributed by atoms with Crippen molar-refractivity contribution in [1.29, 1.82) is 0 Å². The van der Waals surface area contributed by atoms with Gasteiger partial charge in [0.05, 0.1) is 17.1 Å². The lowest BCUT2D eigenvalue weighted by Crippen LogP contribution is -2.36. The molecule has 82 valence electrons. The molecule has 3 N–H and O–H groups in total. The largest absolute Gasteiger partial charge is 0.394 e. The molecule has 1 unspecified atom stereocenters. The van der Waals surface area contributed by atoms with Crippen LogP contribution in [0.5, 0.6) is 0 Å². The van der Waals surface area contributed by atoms with Crippen LogP contribution in [0.2, 0.25) is 5.02 Å². The maximum Gasteiger partial charge on any atom is 0.288 e. The molecule has 0 saturated heterocycles. The lowest BCUT2D eigenvalue weighted by molar-refractivity contribution is -0.384. The minimum absolute atomic E-state index is 0.0532. The second-order valence-corrected chi connectivity index (χ2v) is 3.91. The summed E-state index contributed by atoms with van der Waals surface area (Å²) in [6, 6.07) is 4.24. The Morgan fingerprint density at radius 1 is 1.67 bits per heavy atom. The molecule has 6 heteroatoms. The minimum atomic E-state index is -1.00. The molecule has 1 atom stereocenters. The fourth-order valence-electron chi connectivity index (χ4n) is 1.10. The van der Waals surface area contributed by atoms with Gasteiger partial charge in [0.25, 0.3) is 5.69 Å². The van der Waals surface area contributed by atoms with Gasteiger partial charge < -0.3 is 10.8 Å². The molecule has 0 fully saturated rings. The van der Waals surface area contributed by atoms with Crippen LogP contribution in [-0.2, 0) is 5.54 Å². The van der Waals surface area contributed by atoms with Gasteiger partial charge in [-0.2, -0.15) is 0 Å². The van der Waals surface area contributed by atoms with Crippen LogP contribution >= 0.6 is 11.6 Å². The number of rotatable bonds is 3. The number of nitrogens with two attached hydrogens (primary N) is 1. The second kappa shape index (κ2) is 4.14. The van der Waals surface area contributed by atoms with Gasteiger partial charge in [0, 0.05) is 6.07 Å². The molecule has 0 aliphatic carbocycles. The zero-order valence-corrected chi connectivity index (χ0v) is 8.86. The van der Waals surface area contributed by atoms with E-state index < -0.39 is 10.5 Å². The number of hydrogen-bond acceptors (Lipinski definition) is 4. The van der Waals surface area contributed by atoms with Crippen LogP contribution < -0.4 is 5.73 Å². The van der Waals surface area contributed by atoms with Gasteiger partial charge in [-0.25, -0.2) is 0 Å². The van der Waals surface area contributed by atoms with Crippen molar-refractivity contribution in [3.05, 3.63) is 38.9 Å². The third kappa shape index (κ3) is 2.44. The molecule has 0 radical (unpaired) electrons. The summed E-state index contributed by atoms with van der Waals surface area (Å²) in [7, 11) is 0. The highest BCUT2D eigenvalue weighted by molar-refractivity contribution is 6.32. The van der Waals surface area contributed by atoms with Gasteiger partial charge in [-0.05, 0) is 18.6 Å². The minimum Gasteiger partial charge on any atom is -0.394 e. The average molecular weight is 231 g/mol. The van der Waals surface area contributed by atoms with Gasteiger partial charge in [-0.1, -0.05) is 17.7 Å². The van der Waals surface area contributed by atoms with E-state index in [1.54, 1.807) is 13.0 Å². The van der Waals surface area contributed by atoms with Gasteiger partial charge in [-0.3, -0.25) is 10.1 Å². The maximum absolute atomic E-state index is 10.6. The smallest absolute Gasteiger partial charge is 0.288 e. The fourth-order valence-corrected chi connectivity index (χ4v) is 1.29. The van der Waals surface area contributed by atoms with Crippen LogP contribution in [0.25, 0.3) is 0 Å². The predicted molar refractivity (Wildman–Crippen MR) is 56.7 cm³/mol. The van der Waals surface area contributed by atoms with E-state index in [4.69, 9.17) is 22.4 Å². The number of nitrogens with zero attached hydrogens (tertiary/aromatic N) is 1. The van der Waals surface area contributed by atoms with Gasteiger partial charge in [0.2, 0.25) is 0 Å². The highest BCUT2D eigenvalue weighted by Crippen LogP contribution is 2.28. The summed E-state index contributed by atoms with van der Waals surface area (Å²) in [6.07, 6.45) is 0. The molecule has 15 heavy (non-hydrogen) atoms.